The van der Waals surface area contributed by atoms with E-state index in [-0.39, 0.29) is 11.8 Å². The Hall–Kier alpha value is -1.68. The molecule has 1 N–H and O–H groups in total. The van der Waals surface area contributed by atoms with Gasteiger partial charge in [-0.15, -0.1) is 0 Å². The molecule has 0 radical (unpaired) electrons. The predicted octanol–water partition coefficient (Wildman–Crippen LogP) is 2.67. The second-order valence-corrected chi connectivity index (χ2v) is 7.46. The van der Waals surface area contributed by atoms with Crippen LogP contribution < -0.4 is 4.72 Å². The minimum absolute atomic E-state index is 0.0767. The number of sulfonamides is 1. The van der Waals surface area contributed by atoms with Gasteiger partial charge in [-0.25, -0.2) is 13.1 Å². The summed E-state index contributed by atoms with van der Waals surface area (Å²) in [5.41, 5.74) is 2.33. The Morgan fingerprint density at radius 3 is 2.52 bits per heavy atom. The van der Waals surface area contributed by atoms with Crippen molar-refractivity contribution in [2.24, 2.45) is 0 Å². The first kappa shape index (κ1) is 15.7. The zero-order valence-electron chi connectivity index (χ0n) is 11.6. The normalized spacial score (nSPS) is 12.8. The average molecular weight is 320 g/mol. The Balaban J connectivity index is 1.96. The molecule has 1 atom stereocenters. The van der Waals surface area contributed by atoms with Gasteiger partial charge >= 0.3 is 0 Å². The molecule has 1 unspecified atom stereocenters. The topological polar surface area (TPSA) is 70.0 Å². The van der Waals surface area contributed by atoms with Gasteiger partial charge in [0.15, 0.2) is 0 Å². The molecule has 0 aliphatic rings. The van der Waals surface area contributed by atoms with Crippen LogP contribution in [0.5, 0.6) is 0 Å². The van der Waals surface area contributed by atoms with Gasteiger partial charge in [-0.2, -0.15) is 16.6 Å². The second kappa shape index (κ2) is 6.85. The van der Waals surface area contributed by atoms with Gasteiger partial charge in [0.1, 0.15) is 0 Å². The van der Waals surface area contributed by atoms with Crippen LogP contribution in [0.1, 0.15) is 23.6 Å². The molecular formula is C15H16N2O2S2. The van der Waals surface area contributed by atoms with Gasteiger partial charge in [0.25, 0.3) is 0 Å². The quantitative estimate of drug-likeness (QED) is 0.889. The minimum Gasteiger partial charge on any atom is -0.212 e. The van der Waals surface area contributed by atoms with Crippen LogP contribution in [0.2, 0.25) is 0 Å². The van der Waals surface area contributed by atoms with E-state index in [1.54, 1.807) is 35.6 Å². The highest BCUT2D eigenvalue weighted by atomic mass is 32.2. The SMILES string of the molecule is CC(Cc1ccsc1)NS(=O)(=O)Cc1ccc(C#N)cc1. The van der Waals surface area contributed by atoms with Crippen LogP contribution in [0.25, 0.3) is 0 Å². The highest BCUT2D eigenvalue weighted by Gasteiger charge is 2.15. The van der Waals surface area contributed by atoms with Crippen LogP contribution >= 0.6 is 11.3 Å². The third-order valence-corrected chi connectivity index (χ3v) is 5.15. The maximum Gasteiger partial charge on any atom is 0.216 e. The molecule has 0 saturated carbocycles. The first-order chi connectivity index (χ1) is 9.98. The van der Waals surface area contributed by atoms with Crippen molar-refractivity contribution in [1.82, 2.24) is 4.72 Å². The van der Waals surface area contributed by atoms with Crippen molar-refractivity contribution in [3.8, 4) is 6.07 Å². The van der Waals surface area contributed by atoms with Crippen LogP contribution in [0.3, 0.4) is 0 Å². The molecule has 2 rings (SSSR count). The second-order valence-electron chi connectivity index (χ2n) is 4.92. The summed E-state index contributed by atoms with van der Waals surface area (Å²) in [5, 5.41) is 12.7. The van der Waals surface area contributed by atoms with Gasteiger partial charge < -0.3 is 0 Å². The Kier molecular flexibility index (Phi) is 5.12. The van der Waals surface area contributed by atoms with Crippen LogP contribution in [-0.2, 0) is 22.2 Å². The van der Waals surface area contributed by atoms with Crippen molar-refractivity contribution in [3.05, 3.63) is 57.8 Å². The van der Waals surface area contributed by atoms with E-state index in [1.165, 1.54) is 0 Å². The van der Waals surface area contributed by atoms with E-state index >= 15 is 0 Å². The van der Waals surface area contributed by atoms with Crippen molar-refractivity contribution in [1.29, 1.82) is 5.26 Å². The van der Waals surface area contributed by atoms with E-state index in [4.69, 9.17) is 5.26 Å². The van der Waals surface area contributed by atoms with Crippen molar-refractivity contribution in [3.63, 3.8) is 0 Å². The van der Waals surface area contributed by atoms with Gasteiger partial charge in [0.05, 0.1) is 17.4 Å². The molecular weight excluding hydrogens is 304 g/mol. The molecule has 0 aliphatic heterocycles. The summed E-state index contributed by atoms with van der Waals surface area (Å²) in [4.78, 5) is 0. The zero-order chi connectivity index (χ0) is 15.3. The number of benzene rings is 1. The van der Waals surface area contributed by atoms with E-state index in [2.05, 4.69) is 4.72 Å². The molecule has 1 aromatic heterocycles. The molecule has 1 aromatic carbocycles. The number of thiophene rings is 1. The van der Waals surface area contributed by atoms with Gasteiger partial charge in [-0.3, -0.25) is 0 Å². The summed E-state index contributed by atoms with van der Waals surface area (Å²) in [5.74, 6) is -0.0767. The lowest BCUT2D eigenvalue weighted by atomic mass is 10.1. The Morgan fingerprint density at radius 2 is 1.95 bits per heavy atom. The fourth-order valence-electron chi connectivity index (χ4n) is 2.05. The van der Waals surface area contributed by atoms with Crippen LogP contribution in [0.4, 0.5) is 0 Å². The van der Waals surface area contributed by atoms with E-state index in [9.17, 15) is 8.42 Å². The molecule has 21 heavy (non-hydrogen) atoms. The molecule has 4 nitrogen and oxygen atoms in total. The summed E-state index contributed by atoms with van der Waals surface area (Å²) in [6.45, 7) is 1.86. The number of nitrogens with one attached hydrogen (secondary N) is 1. The van der Waals surface area contributed by atoms with Crippen molar-refractivity contribution >= 4 is 21.4 Å². The van der Waals surface area contributed by atoms with Crippen LogP contribution in [0, 0.1) is 11.3 Å². The standard InChI is InChI=1S/C15H16N2O2S2/c1-12(8-15-6-7-20-10-15)17-21(18,19)11-14-4-2-13(9-16)3-5-14/h2-7,10,12,17H,8,11H2,1H3. The van der Waals surface area contributed by atoms with Crippen molar-refractivity contribution in [2.45, 2.75) is 25.1 Å². The van der Waals surface area contributed by atoms with Gasteiger partial charge in [0, 0.05) is 6.04 Å². The zero-order valence-corrected chi connectivity index (χ0v) is 13.2. The third kappa shape index (κ3) is 4.97. The van der Waals surface area contributed by atoms with E-state index in [0.717, 1.165) is 5.56 Å². The number of nitriles is 1. The molecule has 0 amide bonds. The molecule has 0 fully saturated rings. The molecule has 110 valence electrons. The fourth-order valence-corrected chi connectivity index (χ4v) is 4.14. The molecule has 1 heterocycles. The molecule has 0 bridgehead atoms. The average Bonchev–Trinajstić information content (AvgIpc) is 2.91. The highest BCUT2D eigenvalue weighted by Crippen LogP contribution is 2.11. The van der Waals surface area contributed by atoms with Gasteiger partial charge in [-0.05, 0) is 53.4 Å². The molecule has 2 aromatic rings. The lowest BCUT2D eigenvalue weighted by molar-refractivity contribution is 0.559. The lowest BCUT2D eigenvalue weighted by Crippen LogP contribution is -2.34. The summed E-state index contributed by atoms with van der Waals surface area (Å²) in [6.07, 6.45) is 0.677. The highest BCUT2D eigenvalue weighted by molar-refractivity contribution is 7.88. The summed E-state index contributed by atoms with van der Waals surface area (Å²) < 4.78 is 26.9. The lowest BCUT2D eigenvalue weighted by Gasteiger charge is -2.13. The number of hydrogen-bond donors (Lipinski definition) is 1. The smallest absolute Gasteiger partial charge is 0.212 e. The van der Waals surface area contributed by atoms with E-state index in [0.29, 0.717) is 17.5 Å². The summed E-state index contributed by atoms with van der Waals surface area (Å²) >= 11 is 1.60. The first-order valence-corrected chi connectivity index (χ1v) is 9.08. The Morgan fingerprint density at radius 1 is 1.24 bits per heavy atom. The van der Waals surface area contributed by atoms with Crippen molar-refractivity contribution < 1.29 is 8.42 Å². The van der Waals surface area contributed by atoms with E-state index < -0.39 is 10.0 Å². The predicted molar refractivity (Wildman–Crippen MR) is 84.4 cm³/mol. The number of hydrogen-bond acceptors (Lipinski definition) is 4. The Labute approximate surface area is 129 Å². The van der Waals surface area contributed by atoms with Crippen LogP contribution in [-0.4, -0.2) is 14.5 Å². The number of rotatable bonds is 6. The van der Waals surface area contributed by atoms with Crippen LogP contribution in [0.15, 0.2) is 41.1 Å². The van der Waals surface area contributed by atoms with Gasteiger partial charge in [-0.1, -0.05) is 12.1 Å². The summed E-state index contributed by atoms with van der Waals surface area (Å²) in [7, 11) is -3.39. The third-order valence-electron chi connectivity index (χ3n) is 2.94. The number of nitrogens with zero attached hydrogens (tertiary/aromatic N) is 1. The first-order valence-electron chi connectivity index (χ1n) is 6.48. The van der Waals surface area contributed by atoms with Crippen molar-refractivity contribution in [2.75, 3.05) is 0 Å². The summed E-state index contributed by atoms with van der Waals surface area (Å²) in [6, 6.07) is 10.4. The largest absolute Gasteiger partial charge is 0.216 e. The van der Waals surface area contributed by atoms with Gasteiger partial charge in [0.2, 0.25) is 10.0 Å². The minimum atomic E-state index is -3.39. The maximum atomic E-state index is 12.1. The molecule has 0 saturated heterocycles. The molecule has 0 spiro atoms. The fraction of sp³-hybridized carbons (Fsp3) is 0.267. The maximum absolute atomic E-state index is 12.1. The molecule has 0 aliphatic carbocycles. The van der Waals surface area contributed by atoms with E-state index in [1.807, 2.05) is 29.8 Å². The molecule has 6 heteroatoms. The Bertz CT molecular complexity index is 714. The monoisotopic (exact) mass is 320 g/mol.